The molecule has 1 aliphatic heterocycles. The lowest BCUT2D eigenvalue weighted by molar-refractivity contribution is 0.867. The van der Waals surface area contributed by atoms with E-state index in [0.29, 0.717) is 6.54 Å². The van der Waals surface area contributed by atoms with Gasteiger partial charge in [-0.05, 0) is 22.0 Å². The van der Waals surface area contributed by atoms with E-state index in [2.05, 4.69) is 31.1 Å². The molecule has 2 heterocycles. The van der Waals surface area contributed by atoms with Crippen LogP contribution in [-0.4, -0.2) is 21.0 Å². The molecule has 0 saturated heterocycles. The van der Waals surface area contributed by atoms with E-state index in [0.717, 1.165) is 21.8 Å². The molecule has 0 amide bonds. The summed E-state index contributed by atoms with van der Waals surface area (Å²) in [5.41, 5.74) is 2.14. The van der Waals surface area contributed by atoms with E-state index < -0.39 is 0 Å². The molecule has 0 radical (unpaired) electrons. The highest BCUT2D eigenvalue weighted by Crippen LogP contribution is 2.22. The Morgan fingerprint density at radius 3 is 3.00 bits per heavy atom. The molecule has 1 aromatic heterocycles. The highest BCUT2D eigenvalue weighted by atomic mass is 79.9. The van der Waals surface area contributed by atoms with Gasteiger partial charge in [-0.1, -0.05) is 18.2 Å². The first-order valence-electron chi connectivity index (χ1n) is 4.55. The molecule has 0 fully saturated rings. The number of aliphatic imine (C=N–C) groups is 1. The van der Waals surface area contributed by atoms with Crippen LogP contribution in [0.5, 0.6) is 0 Å². The number of hydrogen-bond acceptors (Lipinski definition) is 3. The van der Waals surface area contributed by atoms with Crippen molar-refractivity contribution in [2.24, 2.45) is 4.99 Å². The number of hydrogen-bond donors (Lipinski definition) is 0. The zero-order valence-corrected chi connectivity index (χ0v) is 9.35. The van der Waals surface area contributed by atoms with Crippen LogP contribution in [0, 0.1) is 0 Å². The van der Waals surface area contributed by atoms with Crippen molar-refractivity contribution < 1.29 is 0 Å². The molecule has 74 valence electrons. The summed E-state index contributed by atoms with van der Waals surface area (Å²) in [5.74, 6) is 0.850. The summed E-state index contributed by atoms with van der Waals surface area (Å²) in [7, 11) is 0. The summed E-state index contributed by atoms with van der Waals surface area (Å²) < 4.78 is 2.69. The Balaban J connectivity index is 2.36. The SMILES string of the molecule is Brc1nnc2n1-c1ccccc1C=NC2. The van der Waals surface area contributed by atoms with Gasteiger partial charge < -0.3 is 0 Å². The number of rotatable bonds is 0. The second kappa shape index (κ2) is 3.27. The maximum atomic E-state index is 4.30. The van der Waals surface area contributed by atoms with E-state index in [1.165, 1.54) is 0 Å². The van der Waals surface area contributed by atoms with Crippen molar-refractivity contribution in [3.63, 3.8) is 0 Å². The van der Waals surface area contributed by atoms with Crippen LogP contribution in [0.1, 0.15) is 11.4 Å². The van der Waals surface area contributed by atoms with Crippen molar-refractivity contribution in [2.45, 2.75) is 6.54 Å². The number of aromatic nitrogens is 3. The van der Waals surface area contributed by atoms with Crippen LogP contribution >= 0.6 is 15.9 Å². The fourth-order valence-corrected chi connectivity index (χ4v) is 2.14. The maximum Gasteiger partial charge on any atom is 0.204 e. The standard InChI is InChI=1S/C10H7BrN4/c11-10-14-13-9-6-12-5-7-3-1-2-4-8(7)15(9)10/h1-5H,6H2. The van der Waals surface area contributed by atoms with Crippen LogP contribution in [0.3, 0.4) is 0 Å². The lowest BCUT2D eigenvalue weighted by Crippen LogP contribution is -2.01. The Morgan fingerprint density at radius 2 is 2.07 bits per heavy atom. The molecule has 0 bridgehead atoms. The quantitative estimate of drug-likeness (QED) is 0.729. The fraction of sp³-hybridized carbons (Fsp3) is 0.100. The average Bonchev–Trinajstić information content (AvgIpc) is 2.52. The summed E-state index contributed by atoms with van der Waals surface area (Å²) in [6, 6.07) is 8.05. The molecule has 0 atom stereocenters. The summed E-state index contributed by atoms with van der Waals surface area (Å²) >= 11 is 3.39. The molecule has 0 spiro atoms. The van der Waals surface area contributed by atoms with Crippen molar-refractivity contribution in [1.82, 2.24) is 14.8 Å². The van der Waals surface area contributed by atoms with Gasteiger partial charge in [-0.25, -0.2) is 0 Å². The molecule has 1 aliphatic rings. The number of halogens is 1. The van der Waals surface area contributed by atoms with Crippen LogP contribution in [0.4, 0.5) is 0 Å². The van der Waals surface area contributed by atoms with Crippen LogP contribution in [0.15, 0.2) is 34.0 Å². The van der Waals surface area contributed by atoms with E-state index in [4.69, 9.17) is 0 Å². The Hall–Kier alpha value is -1.49. The smallest absolute Gasteiger partial charge is 0.204 e. The van der Waals surface area contributed by atoms with Gasteiger partial charge in [-0.3, -0.25) is 9.56 Å². The molecular formula is C10H7BrN4. The van der Waals surface area contributed by atoms with Gasteiger partial charge in [0.25, 0.3) is 0 Å². The third-order valence-corrected chi connectivity index (χ3v) is 2.84. The second-order valence-electron chi connectivity index (χ2n) is 3.25. The van der Waals surface area contributed by atoms with Crippen LogP contribution < -0.4 is 0 Å². The molecule has 15 heavy (non-hydrogen) atoms. The monoisotopic (exact) mass is 262 g/mol. The zero-order chi connectivity index (χ0) is 10.3. The molecule has 5 heteroatoms. The van der Waals surface area contributed by atoms with Crippen molar-refractivity contribution in [3.8, 4) is 5.69 Å². The fourth-order valence-electron chi connectivity index (χ4n) is 1.66. The molecule has 0 unspecified atom stereocenters. The number of fused-ring (bicyclic) bond motifs is 3. The molecule has 3 rings (SSSR count). The average molecular weight is 263 g/mol. The third-order valence-electron chi connectivity index (χ3n) is 2.33. The van der Waals surface area contributed by atoms with Crippen molar-refractivity contribution in [2.75, 3.05) is 0 Å². The van der Waals surface area contributed by atoms with Gasteiger partial charge in [-0.2, -0.15) is 0 Å². The molecule has 2 aromatic rings. The van der Waals surface area contributed by atoms with E-state index >= 15 is 0 Å². The highest BCUT2D eigenvalue weighted by Gasteiger charge is 2.15. The maximum absolute atomic E-state index is 4.30. The third kappa shape index (κ3) is 1.31. The number of nitrogens with zero attached hydrogens (tertiary/aromatic N) is 4. The van der Waals surface area contributed by atoms with Gasteiger partial charge in [-0.15, -0.1) is 10.2 Å². The molecule has 0 aliphatic carbocycles. The lowest BCUT2D eigenvalue weighted by atomic mass is 10.2. The van der Waals surface area contributed by atoms with Crippen molar-refractivity contribution in [3.05, 3.63) is 40.4 Å². The Morgan fingerprint density at radius 1 is 1.20 bits per heavy atom. The van der Waals surface area contributed by atoms with Gasteiger partial charge >= 0.3 is 0 Å². The Kier molecular flexibility index (Phi) is 1.92. The molecule has 0 N–H and O–H groups in total. The first-order chi connectivity index (χ1) is 7.36. The van der Waals surface area contributed by atoms with Crippen molar-refractivity contribution in [1.29, 1.82) is 0 Å². The predicted molar refractivity (Wildman–Crippen MR) is 60.4 cm³/mol. The molecule has 4 nitrogen and oxygen atoms in total. The van der Waals surface area contributed by atoms with Gasteiger partial charge in [0.1, 0.15) is 0 Å². The van der Waals surface area contributed by atoms with Crippen molar-refractivity contribution >= 4 is 22.1 Å². The first-order valence-corrected chi connectivity index (χ1v) is 5.34. The minimum absolute atomic E-state index is 0.563. The Labute approximate surface area is 94.8 Å². The molecule has 0 saturated carbocycles. The van der Waals surface area contributed by atoms with Crippen LogP contribution in [0.2, 0.25) is 0 Å². The summed E-state index contributed by atoms with van der Waals surface area (Å²) in [5, 5.41) is 8.06. The largest absolute Gasteiger partial charge is 0.284 e. The van der Waals surface area contributed by atoms with Gasteiger partial charge in [0.2, 0.25) is 4.73 Å². The van der Waals surface area contributed by atoms with Crippen LogP contribution in [-0.2, 0) is 6.54 Å². The lowest BCUT2D eigenvalue weighted by Gasteiger charge is -2.06. The minimum atomic E-state index is 0.563. The summed E-state index contributed by atoms with van der Waals surface area (Å²) in [6.45, 7) is 0.563. The minimum Gasteiger partial charge on any atom is -0.284 e. The first kappa shape index (κ1) is 8.79. The van der Waals surface area contributed by atoms with E-state index in [9.17, 15) is 0 Å². The van der Waals surface area contributed by atoms with Crippen LogP contribution in [0.25, 0.3) is 5.69 Å². The normalized spacial score (nSPS) is 13.1. The second-order valence-corrected chi connectivity index (χ2v) is 3.96. The van der Waals surface area contributed by atoms with E-state index in [-0.39, 0.29) is 0 Å². The number of benzene rings is 1. The van der Waals surface area contributed by atoms with E-state index in [1.54, 1.807) is 0 Å². The predicted octanol–water partition coefficient (Wildman–Crippen LogP) is 1.96. The number of para-hydroxylation sites is 1. The summed E-state index contributed by atoms with van der Waals surface area (Å²) in [4.78, 5) is 4.30. The van der Waals surface area contributed by atoms with E-state index in [1.807, 2.05) is 35.0 Å². The molecule has 1 aromatic carbocycles. The Bertz CT molecular complexity index is 544. The summed E-state index contributed by atoms with van der Waals surface area (Å²) in [6.07, 6.45) is 1.87. The van der Waals surface area contributed by atoms with Gasteiger partial charge in [0.15, 0.2) is 5.82 Å². The topological polar surface area (TPSA) is 43.1 Å². The highest BCUT2D eigenvalue weighted by molar-refractivity contribution is 9.10. The van der Waals surface area contributed by atoms with Gasteiger partial charge in [0.05, 0.1) is 12.2 Å². The van der Waals surface area contributed by atoms with Gasteiger partial charge in [0, 0.05) is 11.8 Å². The molecular weight excluding hydrogens is 256 g/mol. The zero-order valence-electron chi connectivity index (χ0n) is 7.76.